The Bertz CT molecular complexity index is 854. The van der Waals surface area contributed by atoms with Crippen LogP contribution in [0.5, 0.6) is 0 Å². The molecular weight excluding hydrogens is 288 g/mol. The Hall–Kier alpha value is -2.88. The van der Waals surface area contributed by atoms with Crippen LogP contribution in [0, 0.1) is 0 Å². The van der Waals surface area contributed by atoms with Crippen LogP contribution in [0.4, 0.5) is 5.69 Å². The first-order valence-electron chi connectivity index (χ1n) is 7.74. The second-order valence-electron chi connectivity index (χ2n) is 5.69. The lowest BCUT2D eigenvalue weighted by atomic mass is 9.98. The molecule has 2 aromatic carbocycles. The van der Waals surface area contributed by atoms with E-state index in [-0.39, 0.29) is 11.8 Å². The van der Waals surface area contributed by atoms with Crippen molar-refractivity contribution in [2.24, 2.45) is 0 Å². The minimum atomic E-state index is -0.0542. The summed E-state index contributed by atoms with van der Waals surface area (Å²) in [6.45, 7) is 2.33. The summed E-state index contributed by atoms with van der Waals surface area (Å²) in [7, 11) is 0. The fourth-order valence-corrected chi connectivity index (χ4v) is 3.19. The molecule has 2 aliphatic heterocycles. The van der Waals surface area contributed by atoms with E-state index >= 15 is 0 Å². The van der Waals surface area contributed by atoms with Crippen molar-refractivity contribution in [2.75, 3.05) is 4.90 Å². The first-order valence-corrected chi connectivity index (χ1v) is 7.74. The van der Waals surface area contributed by atoms with Gasteiger partial charge in [0.05, 0.1) is 17.8 Å². The molecule has 0 spiro atoms. The number of carbonyl (C=O) groups is 2. The van der Waals surface area contributed by atoms with E-state index in [0.29, 0.717) is 30.0 Å². The van der Waals surface area contributed by atoms with Crippen molar-refractivity contribution >= 4 is 23.6 Å². The molecule has 0 saturated carbocycles. The van der Waals surface area contributed by atoms with Gasteiger partial charge in [0.1, 0.15) is 5.82 Å². The molecule has 0 N–H and O–H groups in total. The standard InChI is InChI=1S/C19H16N2O2/c1-2-18(22)21-16-10-6-5-9-15(16)19(23)20-12-14-8-4-3-7-13(14)11-17(20)21/h3-11H,2,12H2,1H3. The van der Waals surface area contributed by atoms with Crippen LogP contribution >= 0.6 is 0 Å². The molecule has 2 amide bonds. The van der Waals surface area contributed by atoms with E-state index in [1.54, 1.807) is 15.9 Å². The molecule has 2 aliphatic rings. The van der Waals surface area contributed by atoms with E-state index < -0.39 is 0 Å². The quantitative estimate of drug-likeness (QED) is 0.810. The SMILES string of the molecule is CCC(=O)N1C2=Cc3ccccc3CN2C(=O)c2ccccc21. The number of anilines is 1. The van der Waals surface area contributed by atoms with Crippen LogP contribution in [0.15, 0.2) is 54.4 Å². The lowest BCUT2D eigenvalue weighted by molar-refractivity contribution is -0.118. The van der Waals surface area contributed by atoms with Crippen molar-refractivity contribution in [3.8, 4) is 0 Å². The van der Waals surface area contributed by atoms with E-state index in [4.69, 9.17) is 0 Å². The zero-order chi connectivity index (χ0) is 16.0. The van der Waals surface area contributed by atoms with Gasteiger partial charge in [-0.2, -0.15) is 0 Å². The Morgan fingerprint density at radius 1 is 1.09 bits per heavy atom. The first kappa shape index (κ1) is 13.8. The lowest BCUT2D eigenvalue weighted by Crippen LogP contribution is -2.47. The number of fused-ring (bicyclic) bond motifs is 3. The van der Waals surface area contributed by atoms with Gasteiger partial charge in [0.15, 0.2) is 0 Å². The molecule has 0 atom stereocenters. The lowest BCUT2D eigenvalue weighted by Gasteiger charge is -2.41. The van der Waals surface area contributed by atoms with Gasteiger partial charge in [0.25, 0.3) is 5.91 Å². The highest BCUT2D eigenvalue weighted by atomic mass is 16.2. The van der Waals surface area contributed by atoms with Gasteiger partial charge in [-0.15, -0.1) is 0 Å². The van der Waals surface area contributed by atoms with Gasteiger partial charge in [0, 0.05) is 6.42 Å². The number of hydrogen-bond donors (Lipinski definition) is 0. The number of benzene rings is 2. The first-order chi connectivity index (χ1) is 11.2. The minimum Gasteiger partial charge on any atom is -0.289 e. The third kappa shape index (κ3) is 1.99. The number of rotatable bonds is 1. The summed E-state index contributed by atoms with van der Waals surface area (Å²) in [5, 5.41) is 0. The summed E-state index contributed by atoms with van der Waals surface area (Å²) in [5.41, 5.74) is 3.39. The van der Waals surface area contributed by atoms with E-state index in [1.165, 1.54) is 0 Å². The highest BCUT2D eigenvalue weighted by Crippen LogP contribution is 2.38. The van der Waals surface area contributed by atoms with Crippen LogP contribution < -0.4 is 4.90 Å². The van der Waals surface area contributed by atoms with Gasteiger partial charge >= 0.3 is 0 Å². The molecule has 4 rings (SSSR count). The highest BCUT2D eigenvalue weighted by Gasteiger charge is 2.38. The predicted molar refractivity (Wildman–Crippen MR) is 88.5 cm³/mol. The average Bonchev–Trinajstić information content (AvgIpc) is 2.60. The minimum absolute atomic E-state index is 0.0134. The number of para-hydroxylation sites is 1. The average molecular weight is 304 g/mol. The zero-order valence-corrected chi connectivity index (χ0v) is 12.8. The van der Waals surface area contributed by atoms with Crippen LogP contribution in [0.25, 0.3) is 6.08 Å². The van der Waals surface area contributed by atoms with E-state index in [2.05, 4.69) is 0 Å². The second kappa shape index (κ2) is 5.09. The summed E-state index contributed by atoms with van der Waals surface area (Å²) in [4.78, 5) is 28.8. The van der Waals surface area contributed by atoms with Crippen molar-refractivity contribution in [3.63, 3.8) is 0 Å². The molecule has 23 heavy (non-hydrogen) atoms. The van der Waals surface area contributed by atoms with Gasteiger partial charge in [-0.05, 0) is 29.3 Å². The summed E-state index contributed by atoms with van der Waals surface area (Å²) in [5.74, 6) is 0.585. The van der Waals surface area contributed by atoms with Crippen molar-refractivity contribution in [3.05, 3.63) is 71.0 Å². The Balaban J connectivity index is 1.95. The van der Waals surface area contributed by atoms with Crippen molar-refractivity contribution in [2.45, 2.75) is 19.9 Å². The molecule has 0 bridgehead atoms. The fourth-order valence-electron chi connectivity index (χ4n) is 3.19. The van der Waals surface area contributed by atoms with E-state index in [0.717, 1.165) is 11.1 Å². The fraction of sp³-hybridized carbons (Fsp3) is 0.158. The summed E-state index contributed by atoms with van der Waals surface area (Å²) >= 11 is 0. The van der Waals surface area contributed by atoms with Crippen LogP contribution in [0.3, 0.4) is 0 Å². The van der Waals surface area contributed by atoms with Gasteiger partial charge in [0.2, 0.25) is 5.91 Å². The monoisotopic (exact) mass is 304 g/mol. The highest BCUT2D eigenvalue weighted by molar-refractivity contribution is 6.11. The Morgan fingerprint density at radius 3 is 2.65 bits per heavy atom. The molecule has 2 heterocycles. The molecule has 2 aromatic rings. The second-order valence-corrected chi connectivity index (χ2v) is 5.69. The Labute approximate surface area is 134 Å². The zero-order valence-electron chi connectivity index (χ0n) is 12.8. The Morgan fingerprint density at radius 2 is 1.83 bits per heavy atom. The van der Waals surface area contributed by atoms with Gasteiger partial charge in [-0.3, -0.25) is 19.4 Å². The molecule has 0 aliphatic carbocycles. The smallest absolute Gasteiger partial charge is 0.261 e. The maximum Gasteiger partial charge on any atom is 0.261 e. The van der Waals surface area contributed by atoms with Crippen LogP contribution in [0.1, 0.15) is 34.8 Å². The molecule has 114 valence electrons. The molecule has 0 saturated heterocycles. The summed E-state index contributed by atoms with van der Waals surface area (Å²) < 4.78 is 0. The molecule has 4 heteroatoms. The van der Waals surface area contributed by atoms with Crippen molar-refractivity contribution in [1.29, 1.82) is 0 Å². The molecule has 4 nitrogen and oxygen atoms in total. The summed E-state index contributed by atoms with van der Waals surface area (Å²) in [6, 6.07) is 15.3. The van der Waals surface area contributed by atoms with E-state index in [1.807, 2.05) is 55.5 Å². The number of nitrogens with zero attached hydrogens (tertiary/aromatic N) is 2. The third-order valence-electron chi connectivity index (χ3n) is 4.35. The Kier molecular flexibility index (Phi) is 3.05. The third-order valence-corrected chi connectivity index (χ3v) is 4.35. The maximum absolute atomic E-state index is 12.9. The normalized spacial score (nSPS) is 15.5. The topological polar surface area (TPSA) is 40.6 Å². The van der Waals surface area contributed by atoms with Crippen molar-refractivity contribution in [1.82, 2.24) is 4.90 Å². The molecule has 0 fully saturated rings. The maximum atomic E-state index is 12.9. The summed E-state index contributed by atoms with van der Waals surface area (Å²) in [6.07, 6.45) is 2.32. The molecular formula is C19H16N2O2. The number of amides is 2. The molecule has 0 aromatic heterocycles. The predicted octanol–water partition coefficient (Wildman–Crippen LogP) is 3.40. The van der Waals surface area contributed by atoms with Gasteiger partial charge < -0.3 is 0 Å². The van der Waals surface area contributed by atoms with Gasteiger partial charge in [-0.25, -0.2) is 0 Å². The number of carbonyl (C=O) groups excluding carboxylic acids is 2. The largest absolute Gasteiger partial charge is 0.289 e. The van der Waals surface area contributed by atoms with Crippen LogP contribution in [0.2, 0.25) is 0 Å². The number of hydrogen-bond acceptors (Lipinski definition) is 2. The van der Waals surface area contributed by atoms with E-state index in [9.17, 15) is 9.59 Å². The van der Waals surface area contributed by atoms with Crippen LogP contribution in [-0.2, 0) is 11.3 Å². The molecule has 0 radical (unpaired) electrons. The van der Waals surface area contributed by atoms with Crippen molar-refractivity contribution < 1.29 is 9.59 Å². The van der Waals surface area contributed by atoms with Gasteiger partial charge in [-0.1, -0.05) is 43.3 Å². The van der Waals surface area contributed by atoms with Crippen LogP contribution in [-0.4, -0.2) is 16.7 Å². The molecule has 0 unspecified atom stereocenters.